The molecular formula is C17H17N3O4S. The molecule has 1 N–H and O–H groups in total. The molecule has 0 aliphatic heterocycles. The quantitative estimate of drug-likeness (QED) is 0.677. The van der Waals surface area contributed by atoms with Gasteiger partial charge in [-0.1, -0.05) is 23.9 Å². The van der Waals surface area contributed by atoms with E-state index in [1.807, 2.05) is 35.8 Å². The molecule has 2 aromatic heterocycles. The topological polar surface area (TPSA) is 90.4 Å². The van der Waals surface area contributed by atoms with Crippen LogP contribution >= 0.6 is 11.8 Å². The fraction of sp³-hybridized carbons (Fsp3) is 0.235. The Morgan fingerprint density at radius 2 is 2.12 bits per heavy atom. The molecule has 3 rings (SSSR count). The lowest BCUT2D eigenvalue weighted by Crippen LogP contribution is -2.02. The standard InChI is InChI=1S/C17H17N3O4S/c1-3-20-16(12-6-4-5-7-15(12)23-2)18-19-17(20)25-10-11-8-13(21)14(22)9-24-11/h4-9,22H,3,10H2,1-2H3. The van der Waals surface area contributed by atoms with Crippen LogP contribution in [0.1, 0.15) is 12.7 Å². The van der Waals surface area contributed by atoms with Gasteiger partial charge in [-0.3, -0.25) is 4.79 Å². The van der Waals surface area contributed by atoms with E-state index in [-0.39, 0.29) is 0 Å². The van der Waals surface area contributed by atoms with Crippen molar-refractivity contribution in [3.8, 4) is 22.9 Å². The number of hydrogen-bond acceptors (Lipinski definition) is 7. The van der Waals surface area contributed by atoms with Crippen molar-refractivity contribution < 1.29 is 14.3 Å². The number of aromatic hydroxyl groups is 1. The van der Waals surface area contributed by atoms with Crippen LogP contribution in [0.3, 0.4) is 0 Å². The fourth-order valence-corrected chi connectivity index (χ4v) is 3.26. The maximum absolute atomic E-state index is 11.5. The van der Waals surface area contributed by atoms with Gasteiger partial charge in [0.15, 0.2) is 16.7 Å². The summed E-state index contributed by atoms with van der Waals surface area (Å²) in [6.45, 7) is 2.69. The molecule has 25 heavy (non-hydrogen) atoms. The summed E-state index contributed by atoms with van der Waals surface area (Å²) in [7, 11) is 1.62. The molecule has 0 radical (unpaired) electrons. The number of benzene rings is 1. The molecule has 0 spiro atoms. The van der Waals surface area contributed by atoms with Gasteiger partial charge in [-0.05, 0) is 19.1 Å². The first kappa shape index (κ1) is 17.1. The zero-order valence-corrected chi connectivity index (χ0v) is 14.6. The van der Waals surface area contributed by atoms with Crippen molar-refractivity contribution >= 4 is 11.8 Å². The third-order valence-electron chi connectivity index (χ3n) is 3.59. The largest absolute Gasteiger partial charge is 0.502 e. The second kappa shape index (κ2) is 7.43. The summed E-state index contributed by atoms with van der Waals surface area (Å²) in [5.74, 6) is 1.90. The number of rotatable bonds is 6. The number of nitrogens with zero attached hydrogens (tertiary/aromatic N) is 3. The molecule has 8 heteroatoms. The van der Waals surface area contributed by atoms with Crippen molar-refractivity contribution in [1.29, 1.82) is 0 Å². The summed E-state index contributed by atoms with van der Waals surface area (Å²) < 4.78 is 12.6. The van der Waals surface area contributed by atoms with Gasteiger partial charge >= 0.3 is 0 Å². The van der Waals surface area contributed by atoms with E-state index >= 15 is 0 Å². The van der Waals surface area contributed by atoms with Gasteiger partial charge in [0.1, 0.15) is 17.8 Å². The van der Waals surface area contributed by atoms with Crippen molar-refractivity contribution in [2.75, 3.05) is 7.11 Å². The maximum Gasteiger partial charge on any atom is 0.226 e. The van der Waals surface area contributed by atoms with Crippen LogP contribution in [0.4, 0.5) is 0 Å². The lowest BCUT2D eigenvalue weighted by Gasteiger charge is -2.10. The summed E-state index contributed by atoms with van der Waals surface area (Å²) in [5, 5.41) is 18.5. The van der Waals surface area contributed by atoms with Crippen molar-refractivity contribution in [2.45, 2.75) is 24.4 Å². The highest BCUT2D eigenvalue weighted by molar-refractivity contribution is 7.98. The number of ether oxygens (including phenoxy) is 1. The number of para-hydroxylation sites is 1. The highest BCUT2D eigenvalue weighted by Gasteiger charge is 2.16. The summed E-state index contributed by atoms with van der Waals surface area (Å²) in [4.78, 5) is 11.5. The monoisotopic (exact) mass is 359 g/mol. The SMILES string of the molecule is CCn1c(SCc2cc(=O)c(O)co2)nnc1-c1ccccc1OC. The third kappa shape index (κ3) is 3.53. The number of methoxy groups -OCH3 is 1. The second-order valence-electron chi connectivity index (χ2n) is 5.14. The molecule has 1 aromatic carbocycles. The molecule has 0 amide bonds. The smallest absolute Gasteiger partial charge is 0.226 e. The number of thioether (sulfide) groups is 1. The van der Waals surface area contributed by atoms with Gasteiger partial charge in [0.25, 0.3) is 0 Å². The lowest BCUT2D eigenvalue weighted by atomic mass is 10.2. The van der Waals surface area contributed by atoms with E-state index in [2.05, 4.69) is 10.2 Å². The minimum Gasteiger partial charge on any atom is -0.502 e. The molecular weight excluding hydrogens is 342 g/mol. The number of aromatic nitrogens is 3. The molecule has 0 saturated carbocycles. The van der Waals surface area contributed by atoms with Gasteiger partial charge in [-0.15, -0.1) is 10.2 Å². The molecule has 2 heterocycles. The Morgan fingerprint density at radius 3 is 2.84 bits per heavy atom. The van der Waals surface area contributed by atoms with Crippen LogP contribution in [0.5, 0.6) is 11.5 Å². The Labute approximate surface area is 148 Å². The van der Waals surface area contributed by atoms with Gasteiger partial charge < -0.3 is 18.8 Å². The molecule has 0 fully saturated rings. The van der Waals surface area contributed by atoms with Crippen LogP contribution in [0.15, 0.2) is 51.0 Å². The highest BCUT2D eigenvalue weighted by atomic mass is 32.2. The molecule has 3 aromatic rings. The van der Waals surface area contributed by atoms with E-state index in [0.29, 0.717) is 23.2 Å². The molecule has 0 bridgehead atoms. The Kier molecular flexibility index (Phi) is 5.08. The van der Waals surface area contributed by atoms with Crippen LogP contribution < -0.4 is 10.2 Å². The fourth-order valence-electron chi connectivity index (χ4n) is 2.36. The summed E-state index contributed by atoms with van der Waals surface area (Å²) in [6, 6.07) is 8.91. The van der Waals surface area contributed by atoms with Crippen LogP contribution in [0.25, 0.3) is 11.4 Å². The second-order valence-corrected chi connectivity index (χ2v) is 6.08. The van der Waals surface area contributed by atoms with Crippen LogP contribution in [0, 0.1) is 0 Å². The summed E-state index contributed by atoms with van der Waals surface area (Å²) >= 11 is 1.40. The van der Waals surface area contributed by atoms with Gasteiger partial charge in [-0.2, -0.15) is 0 Å². The first-order valence-electron chi connectivity index (χ1n) is 7.64. The van der Waals surface area contributed by atoms with Crippen LogP contribution in [0.2, 0.25) is 0 Å². The van der Waals surface area contributed by atoms with Gasteiger partial charge in [0.2, 0.25) is 5.43 Å². The average Bonchev–Trinajstić information content (AvgIpc) is 3.05. The van der Waals surface area contributed by atoms with E-state index < -0.39 is 11.2 Å². The minimum absolute atomic E-state index is 0.399. The Hall–Kier alpha value is -2.74. The summed E-state index contributed by atoms with van der Waals surface area (Å²) in [6.07, 6.45) is 1.04. The molecule has 130 valence electrons. The first-order valence-corrected chi connectivity index (χ1v) is 8.62. The average molecular weight is 359 g/mol. The lowest BCUT2D eigenvalue weighted by molar-refractivity contribution is 0.416. The van der Waals surface area contributed by atoms with Crippen LogP contribution in [-0.2, 0) is 12.3 Å². The highest BCUT2D eigenvalue weighted by Crippen LogP contribution is 2.31. The van der Waals surface area contributed by atoms with Crippen molar-refractivity contribution in [3.05, 3.63) is 52.6 Å². The van der Waals surface area contributed by atoms with Gasteiger partial charge in [0.05, 0.1) is 18.4 Å². The molecule has 0 aliphatic rings. The Balaban J connectivity index is 1.87. The molecule has 7 nitrogen and oxygen atoms in total. The predicted octanol–water partition coefficient (Wildman–Crippen LogP) is 2.92. The van der Waals surface area contributed by atoms with E-state index in [1.54, 1.807) is 7.11 Å². The molecule has 0 aliphatic carbocycles. The van der Waals surface area contributed by atoms with Crippen LogP contribution in [-0.4, -0.2) is 27.0 Å². The van der Waals surface area contributed by atoms with Gasteiger partial charge in [0, 0.05) is 12.6 Å². The van der Waals surface area contributed by atoms with E-state index in [0.717, 1.165) is 23.4 Å². The van der Waals surface area contributed by atoms with Crippen molar-refractivity contribution in [3.63, 3.8) is 0 Å². The Bertz CT molecular complexity index is 936. The molecule has 0 atom stereocenters. The number of hydrogen-bond donors (Lipinski definition) is 1. The van der Waals surface area contributed by atoms with E-state index in [9.17, 15) is 9.90 Å². The zero-order valence-electron chi connectivity index (χ0n) is 13.8. The summed E-state index contributed by atoms with van der Waals surface area (Å²) in [5.41, 5.74) is 0.399. The van der Waals surface area contributed by atoms with E-state index in [1.165, 1.54) is 17.8 Å². The molecule has 0 saturated heterocycles. The van der Waals surface area contributed by atoms with Crippen molar-refractivity contribution in [1.82, 2.24) is 14.8 Å². The van der Waals surface area contributed by atoms with Gasteiger partial charge in [-0.25, -0.2) is 0 Å². The first-order chi connectivity index (χ1) is 12.1. The van der Waals surface area contributed by atoms with Crippen molar-refractivity contribution in [2.24, 2.45) is 0 Å². The molecule has 0 unspecified atom stereocenters. The zero-order chi connectivity index (χ0) is 17.8. The maximum atomic E-state index is 11.5. The third-order valence-corrected chi connectivity index (χ3v) is 4.58. The van der Waals surface area contributed by atoms with E-state index in [4.69, 9.17) is 9.15 Å². The predicted molar refractivity (Wildman–Crippen MR) is 93.9 cm³/mol. The normalized spacial score (nSPS) is 10.8. The minimum atomic E-state index is -0.464. The Morgan fingerprint density at radius 1 is 1.32 bits per heavy atom.